The van der Waals surface area contributed by atoms with E-state index in [2.05, 4.69) is 11.6 Å². The largest absolute Gasteiger partial charge is 0.343 e. The number of thioether (sulfide) groups is 1. The van der Waals surface area contributed by atoms with Crippen LogP contribution in [0.4, 0.5) is 8.78 Å². The van der Waals surface area contributed by atoms with E-state index >= 15 is 0 Å². The van der Waals surface area contributed by atoms with E-state index in [1.807, 2.05) is 0 Å². The Kier molecular flexibility index (Phi) is 5.98. The summed E-state index contributed by atoms with van der Waals surface area (Å²) >= 11 is 1.80. The molecule has 0 aliphatic heterocycles. The van der Waals surface area contributed by atoms with Crippen molar-refractivity contribution < 1.29 is 18.4 Å². The fourth-order valence-corrected chi connectivity index (χ4v) is 3.54. The Balaban J connectivity index is 1.87. The smallest absolute Gasteiger partial charge is 0.251 e. The summed E-state index contributed by atoms with van der Waals surface area (Å²) in [5.41, 5.74) is -0.138. The average molecular weight is 342 g/mol. The average Bonchev–Trinajstić information content (AvgIpc) is 2.99. The predicted octanol–water partition coefficient (Wildman–Crippen LogP) is 2.44. The molecule has 1 aliphatic carbocycles. The molecule has 2 atom stereocenters. The maximum Gasteiger partial charge on any atom is 0.251 e. The first-order valence-corrected chi connectivity index (χ1v) is 8.72. The normalized spacial score (nSPS) is 20.3. The first-order chi connectivity index (χ1) is 10.9. The van der Waals surface area contributed by atoms with E-state index in [0.717, 1.165) is 31.4 Å². The van der Waals surface area contributed by atoms with Crippen molar-refractivity contribution in [3.63, 3.8) is 0 Å². The Morgan fingerprint density at radius 2 is 1.91 bits per heavy atom. The lowest BCUT2D eigenvalue weighted by atomic mass is 10.2. The minimum Gasteiger partial charge on any atom is -0.343 e. The summed E-state index contributed by atoms with van der Waals surface area (Å²) in [6, 6.07) is 2.75. The van der Waals surface area contributed by atoms with Gasteiger partial charge in [-0.05, 0) is 37.7 Å². The van der Waals surface area contributed by atoms with Crippen molar-refractivity contribution in [2.24, 2.45) is 0 Å². The lowest BCUT2D eigenvalue weighted by Crippen LogP contribution is -2.42. The molecule has 126 valence electrons. The Labute approximate surface area is 138 Å². The molecule has 23 heavy (non-hydrogen) atoms. The Hall–Kier alpha value is -1.63. The van der Waals surface area contributed by atoms with Gasteiger partial charge < -0.3 is 10.2 Å². The van der Waals surface area contributed by atoms with Gasteiger partial charge in [0.25, 0.3) is 5.91 Å². The molecule has 1 N–H and O–H groups in total. The van der Waals surface area contributed by atoms with Crippen LogP contribution in [0.2, 0.25) is 0 Å². The number of hydrogen-bond acceptors (Lipinski definition) is 3. The molecule has 0 unspecified atom stereocenters. The molecule has 1 aromatic rings. The number of halogens is 2. The summed E-state index contributed by atoms with van der Waals surface area (Å²) in [5, 5.41) is 2.98. The summed E-state index contributed by atoms with van der Waals surface area (Å²) < 4.78 is 26.2. The van der Waals surface area contributed by atoms with Crippen LogP contribution in [-0.2, 0) is 4.79 Å². The van der Waals surface area contributed by atoms with Gasteiger partial charge >= 0.3 is 0 Å². The number of nitrogens with zero attached hydrogens (tertiary/aromatic N) is 1. The fraction of sp³-hybridized carbons (Fsp3) is 0.500. The van der Waals surface area contributed by atoms with Crippen LogP contribution >= 0.6 is 11.8 Å². The standard InChI is InChI=1S/C16H20F2N2O2S/c1-20(13-3-4-14(8-13)23-2)15(21)9-19-16(22)10-5-11(17)7-12(18)6-10/h5-7,13-14H,3-4,8-9H2,1-2H3,(H,19,22)/t13-,14-/m1/s1. The molecule has 7 heteroatoms. The highest BCUT2D eigenvalue weighted by Gasteiger charge is 2.29. The van der Waals surface area contributed by atoms with Crippen molar-refractivity contribution in [2.45, 2.75) is 30.6 Å². The summed E-state index contributed by atoms with van der Waals surface area (Å²) in [6.07, 6.45) is 5.05. The SMILES string of the molecule is CS[C@@H]1CC[C@@H](N(C)C(=O)CNC(=O)c2cc(F)cc(F)c2)C1. The van der Waals surface area contributed by atoms with Crippen LogP contribution in [0.25, 0.3) is 0 Å². The number of likely N-dealkylation sites (N-methyl/N-ethyl adjacent to an activating group) is 1. The van der Waals surface area contributed by atoms with Crippen LogP contribution in [0.1, 0.15) is 29.6 Å². The van der Waals surface area contributed by atoms with Crippen LogP contribution in [0.3, 0.4) is 0 Å². The number of amides is 2. The van der Waals surface area contributed by atoms with Crippen molar-refractivity contribution in [1.82, 2.24) is 10.2 Å². The molecule has 1 saturated carbocycles. The van der Waals surface area contributed by atoms with E-state index in [9.17, 15) is 18.4 Å². The van der Waals surface area contributed by atoms with Gasteiger partial charge in [0.2, 0.25) is 5.91 Å². The number of hydrogen-bond donors (Lipinski definition) is 1. The molecule has 0 aromatic heterocycles. The van der Waals surface area contributed by atoms with Crippen LogP contribution in [0.15, 0.2) is 18.2 Å². The molecular weight excluding hydrogens is 322 g/mol. The molecule has 0 heterocycles. The predicted molar refractivity (Wildman–Crippen MR) is 86.4 cm³/mol. The summed E-state index contributed by atoms with van der Waals surface area (Å²) in [4.78, 5) is 25.7. The monoisotopic (exact) mass is 342 g/mol. The number of carbonyl (C=O) groups excluding carboxylic acids is 2. The zero-order valence-corrected chi connectivity index (χ0v) is 14.0. The van der Waals surface area contributed by atoms with Gasteiger partial charge in [0.1, 0.15) is 11.6 Å². The highest BCUT2D eigenvalue weighted by atomic mass is 32.2. The summed E-state index contributed by atoms with van der Waals surface area (Å²) in [5.74, 6) is -2.53. The third kappa shape index (κ3) is 4.67. The molecule has 1 fully saturated rings. The Morgan fingerprint density at radius 3 is 2.48 bits per heavy atom. The molecule has 2 amide bonds. The minimum absolute atomic E-state index is 0.138. The van der Waals surface area contributed by atoms with Gasteiger partial charge in [-0.2, -0.15) is 11.8 Å². The molecule has 2 rings (SSSR count). The molecule has 1 aliphatic rings. The third-order valence-corrected chi connectivity index (χ3v) is 5.25. The third-order valence-electron chi connectivity index (χ3n) is 4.16. The second-order valence-electron chi connectivity index (χ2n) is 5.67. The second kappa shape index (κ2) is 7.77. The fourth-order valence-electron chi connectivity index (χ4n) is 2.75. The first-order valence-electron chi connectivity index (χ1n) is 7.43. The van der Waals surface area contributed by atoms with Crippen LogP contribution in [0.5, 0.6) is 0 Å². The van der Waals surface area contributed by atoms with Gasteiger partial charge in [-0.15, -0.1) is 0 Å². The number of benzene rings is 1. The highest BCUT2D eigenvalue weighted by molar-refractivity contribution is 7.99. The maximum absolute atomic E-state index is 13.1. The second-order valence-corrected chi connectivity index (χ2v) is 6.81. The molecule has 0 spiro atoms. The number of carbonyl (C=O) groups is 2. The molecule has 1 aromatic carbocycles. The summed E-state index contributed by atoms with van der Waals surface area (Å²) in [6.45, 7) is -0.187. The Morgan fingerprint density at radius 1 is 1.26 bits per heavy atom. The van der Waals surface area contributed by atoms with Gasteiger partial charge in [-0.3, -0.25) is 9.59 Å². The Bertz CT molecular complexity index is 577. The van der Waals surface area contributed by atoms with Crippen LogP contribution in [0, 0.1) is 11.6 Å². The zero-order valence-electron chi connectivity index (χ0n) is 13.1. The minimum atomic E-state index is -0.826. The van der Waals surface area contributed by atoms with Gasteiger partial charge in [-0.25, -0.2) is 8.78 Å². The lowest BCUT2D eigenvalue weighted by molar-refractivity contribution is -0.130. The van der Waals surface area contributed by atoms with Crippen molar-refractivity contribution in [3.8, 4) is 0 Å². The van der Waals surface area contributed by atoms with Crippen molar-refractivity contribution in [1.29, 1.82) is 0 Å². The quantitative estimate of drug-likeness (QED) is 0.894. The lowest BCUT2D eigenvalue weighted by Gasteiger charge is -2.24. The van der Waals surface area contributed by atoms with Crippen molar-refractivity contribution >= 4 is 23.6 Å². The number of rotatable bonds is 5. The molecule has 4 nitrogen and oxygen atoms in total. The van der Waals surface area contributed by atoms with Gasteiger partial charge in [0.15, 0.2) is 0 Å². The maximum atomic E-state index is 13.1. The van der Waals surface area contributed by atoms with E-state index in [0.29, 0.717) is 11.3 Å². The van der Waals surface area contributed by atoms with E-state index < -0.39 is 17.5 Å². The van der Waals surface area contributed by atoms with Crippen LogP contribution in [-0.4, -0.2) is 47.9 Å². The van der Waals surface area contributed by atoms with Crippen molar-refractivity contribution in [3.05, 3.63) is 35.4 Å². The zero-order chi connectivity index (χ0) is 17.0. The van der Waals surface area contributed by atoms with E-state index in [-0.39, 0.29) is 24.1 Å². The molecule has 0 bridgehead atoms. The highest BCUT2D eigenvalue weighted by Crippen LogP contribution is 2.30. The number of nitrogens with one attached hydrogen (secondary N) is 1. The molecule has 0 radical (unpaired) electrons. The summed E-state index contributed by atoms with van der Waals surface area (Å²) in [7, 11) is 1.73. The van der Waals surface area contributed by atoms with E-state index in [1.54, 1.807) is 23.7 Å². The topological polar surface area (TPSA) is 49.4 Å². The van der Waals surface area contributed by atoms with E-state index in [1.165, 1.54) is 0 Å². The molecular formula is C16H20F2N2O2S. The van der Waals surface area contributed by atoms with Crippen LogP contribution < -0.4 is 5.32 Å². The van der Waals surface area contributed by atoms with Gasteiger partial charge in [-0.1, -0.05) is 0 Å². The molecule has 0 saturated heterocycles. The van der Waals surface area contributed by atoms with E-state index in [4.69, 9.17) is 0 Å². The first kappa shape index (κ1) is 17.7. The van der Waals surface area contributed by atoms with Crippen molar-refractivity contribution in [2.75, 3.05) is 19.8 Å². The van der Waals surface area contributed by atoms with Gasteiger partial charge in [0.05, 0.1) is 6.54 Å². The van der Waals surface area contributed by atoms with Gasteiger partial charge in [0, 0.05) is 30.0 Å².